The lowest BCUT2D eigenvalue weighted by molar-refractivity contribution is 0.171. The zero-order valence-corrected chi connectivity index (χ0v) is 15.3. The molecule has 3 aliphatic rings. The summed E-state index contributed by atoms with van der Waals surface area (Å²) in [6.45, 7) is 6.23. The highest BCUT2D eigenvalue weighted by molar-refractivity contribution is 5.70. The number of benzene rings is 2. The number of ether oxygens (including phenoxy) is 3. The van der Waals surface area contributed by atoms with Gasteiger partial charge in [-0.15, -0.1) is 0 Å². The van der Waals surface area contributed by atoms with Gasteiger partial charge in [0, 0.05) is 30.4 Å². The van der Waals surface area contributed by atoms with Crippen LogP contribution in [0.15, 0.2) is 36.4 Å². The molecule has 4 nitrogen and oxygen atoms in total. The van der Waals surface area contributed by atoms with E-state index in [-0.39, 0.29) is 5.41 Å². The highest BCUT2D eigenvalue weighted by Crippen LogP contribution is 2.54. The molecule has 0 radical (unpaired) electrons. The molecule has 26 heavy (non-hydrogen) atoms. The predicted octanol–water partition coefficient (Wildman–Crippen LogP) is 4.15. The summed E-state index contributed by atoms with van der Waals surface area (Å²) in [5.74, 6) is 2.60. The molecule has 0 saturated heterocycles. The van der Waals surface area contributed by atoms with Crippen LogP contribution in [0.5, 0.6) is 17.2 Å². The van der Waals surface area contributed by atoms with E-state index in [2.05, 4.69) is 42.2 Å². The Bertz CT molecular complexity index is 834. The first-order chi connectivity index (χ1) is 12.8. The van der Waals surface area contributed by atoms with Gasteiger partial charge in [0.15, 0.2) is 11.5 Å². The van der Waals surface area contributed by atoms with Crippen LogP contribution in [0.2, 0.25) is 0 Å². The van der Waals surface area contributed by atoms with Gasteiger partial charge in [-0.2, -0.15) is 0 Å². The summed E-state index contributed by atoms with van der Waals surface area (Å²) in [6, 6.07) is 13.0. The Labute approximate surface area is 154 Å². The predicted molar refractivity (Wildman–Crippen MR) is 102 cm³/mol. The summed E-state index contributed by atoms with van der Waals surface area (Å²) in [7, 11) is 0. The number of anilines is 1. The van der Waals surface area contributed by atoms with Gasteiger partial charge in [-0.1, -0.05) is 38.0 Å². The van der Waals surface area contributed by atoms with E-state index < -0.39 is 0 Å². The molecule has 0 fully saturated rings. The maximum atomic E-state index is 6.17. The van der Waals surface area contributed by atoms with Gasteiger partial charge in [0.1, 0.15) is 25.6 Å². The van der Waals surface area contributed by atoms with Crippen molar-refractivity contribution in [2.45, 2.75) is 31.6 Å². The van der Waals surface area contributed by atoms with Crippen LogP contribution in [0.3, 0.4) is 0 Å². The molecule has 1 spiro atoms. The van der Waals surface area contributed by atoms with E-state index in [1.807, 2.05) is 6.07 Å². The Hall–Kier alpha value is -2.36. The second kappa shape index (κ2) is 6.11. The fourth-order valence-corrected chi connectivity index (χ4v) is 4.60. The van der Waals surface area contributed by atoms with E-state index in [1.165, 1.54) is 36.1 Å². The molecule has 0 N–H and O–H groups in total. The lowest BCUT2D eigenvalue weighted by Crippen LogP contribution is -2.36. The zero-order valence-electron chi connectivity index (χ0n) is 15.3. The number of nitrogens with zero attached hydrogens (tertiary/aromatic N) is 1. The fourth-order valence-electron chi connectivity index (χ4n) is 4.60. The minimum atomic E-state index is -0.103. The first-order valence-corrected chi connectivity index (χ1v) is 9.73. The molecule has 0 amide bonds. The van der Waals surface area contributed by atoms with Crippen LogP contribution in [0.1, 0.15) is 37.3 Å². The van der Waals surface area contributed by atoms with E-state index in [9.17, 15) is 0 Å². The van der Waals surface area contributed by atoms with Gasteiger partial charge < -0.3 is 19.1 Å². The van der Waals surface area contributed by atoms with Gasteiger partial charge >= 0.3 is 0 Å². The van der Waals surface area contributed by atoms with Crippen molar-refractivity contribution in [3.63, 3.8) is 0 Å². The topological polar surface area (TPSA) is 30.9 Å². The van der Waals surface area contributed by atoms with Gasteiger partial charge in [0.25, 0.3) is 0 Å². The monoisotopic (exact) mass is 351 g/mol. The summed E-state index contributed by atoms with van der Waals surface area (Å²) in [5.41, 5.74) is 3.88. The standard InChI is InChI=1S/C22H25NO3/c1-2-3-6-9-23-14-22(16-7-4-5-8-18(16)23)15-26-19-13-21-20(12-17(19)22)24-10-11-25-21/h4-5,7-8,12-13H,2-3,6,9-11,14-15H2,1H3/t22-/m1/s1. The van der Waals surface area contributed by atoms with Crippen LogP contribution in [0.4, 0.5) is 5.69 Å². The van der Waals surface area contributed by atoms with Crippen molar-refractivity contribution < 1.29 is 14.2 Å². The zero-order chi connectivity index (χ0) is 17.6. The molecule has 2 aromatic rings. The molecule has 5 rings (SSSR count). The smallest absolute Gasteiger partial charge is 0.165 e. The van der Waals surface area contributed by atoms with Crippen molar-refractivity contribution in [1.29, 1.82) is 0 Å². The number of hydrogen-bond acceptors (Lipinski definition) is 4. The third-order valence-corrected chi connectivity index (χ3v) is 5.89. The van der Waals surface area contributed by atoms with Crippen LogP contribution >= 0.6 is 0 Å². The SMILES string of the molecule is CCCCCN1C[C@@]2(COc3cc4c(cc32)OCCO4)c2ccccc21. The lowest BCUT2D eigenvalue weighted by atomic mass is 9.77. The molecule has 0 aliphatic carbocycles. The van der Waals surface area contributed by atoms with Crippen molar-refractivity contribution in [2.24, 2.45) is 0 Å². The molecule has 2 aromatic carbocycles. The number of unbranched alkanes of at least 4 members (excludes halogenated alkanes) is 2. The summed E-state index contributed by atoms with van der Waals surface area (Å²) in [6.07, 6.45) is 3.75. The van der Waals surface area contributed by atoms with Crippen molar-refractivity contribution in [2.75, 3.05) is 37.8 Å². The molecule has 0 unspecified atom stereocenters. The summed E-state index contributed by atoms with van der Waals surface area (Å²) in [4.78, 5) is 2.54. The summed E-state index contributed by atoms with van der Waals surface area (Å²) >= 11 is 0. The molecule has 136 valence electrons. The third kappa shape index (κ3) is 2.28. The number of para-hydroxylation sites is 1. The van der Waals surface area contributed by atoms with Crippen molar-refractivity contribution in [1.82, 2.24) is 0 Å². The van der Waals surface area contributed by atoms with Crippen LogP contribution in [-0.2, 0) is 5.41 Å². The molecular formula is C22H25NO3. The maximum absolute atomic E-state index is 6.17. The Kier molecular flexibility index (Phi) is 3.73. The van der Waals surface area contributed by atoms with Crippen molar-refractivity contribution in [3.8, 4) is 17.2 Å². The van der Waals surface area contributed by atoms with Crippen LogP contribution in [0, 0.1) is 0 Å². The molecular weight excluding hydrogens is 326 g/mol. The van der Waals surface area contributed by atoms with Crippen molar-refractivity contribution >= 4 is 5.69 Å². The van der Waals surface area contributed by atoms with E-state index in [0.717, 1.165) is 30.3 Å². The number of rotatable bonds is 4. The lowest BCUT2D eigenvalue weighted by Gasteiger charge is -2.26. The van der Waals surface area contributed by atoms with Gasteiger partial charge in [-0.25, -0.2) is 0 Å². The average molecular weight is 351 g/mol. The third-order valence-electron chi connectivity index (χ3n) is 5.89. The number of hydrogen-bond donors (Lipinski definition) is 0. The first-order valence-electron chi connectivity index (χ1n) is 9.73. The minimum Gasteiger partial charge on any atom is -0.492 e. The van der Waals surface area contributed by atoms with Crippen LogP contribution in [-0.4, -0.2) is 32.9 Å². The largest absolute Gasteiger partial charge is 0.492 e. The molecule has 0 saturated carbocycles. The Morgan fingerprint density at radius 2 is 1.73 bits per heavy atom. The van der Waals surface area contributed by atoms with Gasteiger partial charge in [-0.05, 0) is 24.1 Å². The van der Waals surface area contributed by atoms with Gasteiger partial charge in [-0.3, -0.25) is 0 Å². The summed E-state index contributed by atoms with van der Waals surface area (Å²) in [5, 5.41) is 0. The van der Waals surface area contributed by atoms with E-state index in [0.29, 0.717) is 19.8 Å². The Morgan fingerprint density at radius 3 is 2.58 bits per heavy atom. The molecule has 0 aromatic heterocycles. The first kappa shape index (κ1) is 15.9. The quantitative estimate of drug-likeness (QED) is 0.775. The van der Waals surface area contributed by atoms with Crippen LogP contribution in [0.25, 0.3) is 0 Å². The second-order valence-corrected chi connectivity index (χ2v) is 7.51. The molecule has 0 bridgehead atoms. The maximum Gasteiger partial charge on any atom is 0.165 e. The fraction of sp³-hybridized carbons (Fsp3) is 0.455. The number of fused-ring (bicyclic) bond motifs is 5. The molecule has 3 aliphatic heterocycles. The normalized spacial score (nSPS) is 22.3. The van der Waals surface area contributed by atoms with E-state index in [1.54, 1.807) is 0 Å². The molecule has 3 heterocycles. The van der Waals surface area contributed by atoms with E-state index >= 15 is 0 Å². The van der Waals surface area contributed by atoms with Crippen molar-refractivity contribution in [3.05, 3.63) is 47.5 Å². The Morgan fingerprint density at radius 1 is 0.923 bits per heavy atom. The molecule has 1 atom stereocenters. The molecule has 4 heteroatoms. The van der Waals surface area contributed by atoms with E-state index in [4.69, 9.17) is 14.2 Å². The highest BCUT2D eigenvalue weighted by Gasteiger charge is 2.50. The van der Waals surface area contributed by atoms with Crippen LogP contribution < -0.4 is 19.1 Å². The minimum absolute atomic E-state index is 0.103. The Balaban J connectivity index is 1.57. The van der Waals surface area contributed by atoms with Gasteiger partial charge in [0.05, 0.1) is 5.41 Å². The summed E-state index contributed by atoms with van der Waals surface area (Å²) < 4.78 is 17.8. The highest BCUT2D eigenvalue weighted by atomic mass is 16.6. The average Bonchev–Trinajstić information content (AvgIpc) is 3.20. The van der Waals surface area contributed by atoms with Gasteiger partial charge in [0.2, 0.25) is 0 Å². The second-order valence-electron chi connectivity index (χ2n) is 7.51.